The maximum atomic E-state index is 4.61. The zero-order chi connectivity index (χ0) is 16.7. The fourth-order valence-corrected chi connectivity index (χ4v) is 4.01. The molecule has 1 atom stereocenters. The predicted octanol–water partition coefficient (Wildman–Crippen LogP) is 2.40. The zero-order valence-electron chi connectivity index (χ0n) is 13.1. The summed E-state index contributed by atoms with van der Waals surface area (Å²) >= 11 is 1.61. The molecule has 0 amide bonds. The van der Waals surface area contributed by atoms with E-state index in [1.165, 1.54) is 5.56 Å². The number of benzene rings is 1. The Hall–Kier alpha value is -3.13. The molecule has 25 heavy (non-hydrogen) atoms. The average Bonchev–Trinajstić information content (AvgIpc) is 3.42. The average molecular weight is 347 g/mol. The summed E-state index contributed by atoms with van der Waals surface area (Å²) in [5.41, 5.74) is 5.88. The summed E-state index contributed by atoms with van der Waals surface area (Å²) < 4.78 is 1.57. The van der Waals surface area contributed by atoms with Gasteiger partial charge in [0.1, 0.15) is 6.33 Å². The second-order valence-corrected chi connectivity index (χ2v) is 6.63. The van der Waals surface area contributed by atoms with Crippen LogP contribution in [0, 0.1) is 0 Å². The Bertz CT molecular complexity index is 1020. The highest BCUT2D eigenvalue weighted by Crippen LogP contribution is 2.41. The summed E-state index contributed by atoms with van der Waals surface area (Å²) in [7, 11) is 0. The van der Waals surface area contributed by atoms with E-state index in [9.17, 15) is 0 Å². The Morgan fingerprint density at radius 1 is 1.20 bits per heavy atom. The summed E-state index contributed by atoms with van der Waals surface area (Å²) in [5.74, 6) is 0.705. The van der Waals surface area contributed by atoms with Crippen LogP contribution in [-0.4, -0.2) is 35.4 Å². The Kier molecular flexibility index (Phi) is 3.10. The minimum absolute atomic E-state index is 0.307. The van der Waals surface area contributed by atoms with Gasteiger partial charge in [-0.05, 0) is 16.0 Å². The van der Waals surface area contributed by atoms with Gasteiger partial charge in [-0.15, -0.1) is 16.4 Å². The molecular weight excluding hydrogens is 334 g/mol. The number of nitrogens with zero attached hydrogens (tertiary/aromatic N) is 6. The fraction of sp³-hybridized carbons (Fsp3) is 0.118. The molecule has 1 N–H and O–H groups in total. The minimum atomic E-state index is -0.307. The third-order valence-electron chi connectivity index (χ3n) is 4.60. The van der Waals surface area contributed by atoms with Crippen LogP contribution < -0.4 is 0 Å². The standard InChI is InChI=1S/C17H13N7S/c1-2-4-12(5-3-1)17(15-9-25-11-18-15)7-6-13-14(8-17)20-21-16(13)24-10-19-22-23-24/h1-7,9-11H,8H2,(H,20,21). The fourth-order valence-electron chi connectivity index (χ4n) is 3.37. The number of H-pyrrole nitrogens is 1. The van der Waals surface area contributed by atoms with E-state index in [4.69, 9.17) is 0 Å². The van der Waals surface area contributed by atoms with Crippen LogP contribution in [0.1, 0.15) is 22.5 Å². The first kappa shape index (κ1) is 14.2. The van der Waals surface area contributed by atoms with Gasteiger partial charge in [0.25, 0.3) is 0 Å². The highest BCUT2D eigenvalue weighted by molar-refractivity contribution is 7.07. The normalized spacial score (nSPS) is 19.0. The molecule has 1 aliphatic carbocycles. The molecule has 3 aromatic heterocycles. The Labute approximate surface area is 147 Å². The molecule has 0 saturated heterocycles. The number of allylic oxidation sites excluding steroid dienone is 1. The van der Waals surface area contributed by atoms with Gasteiger partial charge in [0, 0.05) is 23.1 Å². The summed E-state index contributed by atoms with van der Waals surface area (Å²) in [5, 5.41) is 21.0. The summed E-state index contributed by atoms with van der Waals surface area (Å²) in [4.78, 5) is 4.61. The van der Waals surface area contributed by atoms with Crippen LogP contribution in [-0.2, 0) is 11.8 Å². The van der Waals surface area contributed by atoms with Crippen molar-refractivity contribution in [2.24, 2.45) is 0 Å². The lowest BCUT2D eigenvalue weighted by Crippen LogP contribution is -2.31. The molecule has 0 bridgehead atoms. The van der Waals surface area contributed by atoms with Crippen molar-refractivity contribution in [2.45, 2.75) is 11.8 Å². The van der Waals surface area contributed by atoms with Crippen LogP contribution in [0.25, 0.3) is 11.9 Å². The van der Waals surface area contributed by atoms with Crippen molar-refractivity contribution >= 4 is 17.4 Å². The molecule has 4 aromatic rings. The molecule has 0 aliphatic heterocycles. The summed E-state index contributed by atoms with van der Waals surface area (Å²) in [6.45, 7) is 0. The molecule has 122 valence electrons. The molecule has 1 aromatic carbocycles. The van der Waals surface area contributed by atoms with Crippen LogP contribution in [0.4, 0.5) is 0 Å². The molecule has 8 heteroatoms. The van der Waals surface area contributed by atoms with Crippen molar-refractivity contribution in [1.82, 2.24) is 35.4 Å². The number of hydrogen-bond acceptors (Lipinski definition) is 6. The quantitative estimate of drug-likeness (QED) is 0.615. The SMILES string of the molecule is C1=CC(c2ccccc2)(c2cscn2)Cc2[nH]nc(-n3cnnn3)c21. The van der Waals surface area contributed by atoms with E-state index in [1.54, 1.807) is 22.3 Å². The first-order valence-corrected chi connectivity index (χ1v) is 8.75. The summed E-state index contributed by atoms with van der Waals surface area (Å²) in [6.07, 6.45) is 6.60. The molecule has 1 aliphatic rings. The molecule has 0 fully saturated rings. The smallest absolute Gasteiger partial charge is 0.185 e. The van der Waals surface area contributed by atoms with Crippen LogP contribution in [0.5, 0.6) is 0 Å². The molecule has 3 heterocycles. The zero-order valence-corrected chi connectivity index (χ0v) is 13.9. The van der Waals surface area contributed by atoms with Crippen molar-refractivity contribution in [3.8, 4) is 5.82 Å². The Balaban J connectivity index is 1.66. The van der Waals surface area contributed by atoms with Crippen molar-refractivity contribution in [3.63, 3.8) is 0 Å². The second-order valence-electron chi connectivity index (χ2n) is 5.92. The second kappa shape index (κ2) is 5.45. The Morgan fingerprint density at radius 3 is 2.88 bits per heavy atom. The highest BCUT2D eigenvalue weighted by atomic mass is 32.1. The van der Waals surface area contributed by atoms with E-state index in [2.05, 4.69) is 72.5 Å². The third-order valence-corrected chi connectivity index (χ3v) is 5.18. The van der Waals surface area contributed by atoms with E-state index in [1.807, 2.05) is 11.6 Å². The number of aromatic nitrogens is 7. The van der Waals surface area contributed by atoms with Crippen LogP contribution >= 0.6 is 11.3 Å². The van der Waals surface area contributed by atoms with E-state index < -0.39 is 0 Å². The predicted molar refractivity (Wildman–Crippen MR) is 93.4 cm³/mol. The van der Waals surface area contributed by atoms with Gasteiger partial charge in [0.05, 0.1) is 16.6 Å². The monoisotopic (exact) mass is 347 g/mol. The van der Waals surface area contributed by atoms with Gasteiger partial charge < -0.3 is 0 Å². The Morgan fingerprint density at radius 2 is 2.12 bits per heavy atom. The number of fused-ring (bicyclic) bond motifs is 1. The lowest BCUT2D eigenvalue weighted by molar-refractivity contribution is 0.605. The van der Waals surface area contributed by atoms with Crippen LogP contribution in [0.15, 0.2) is 53.6 Å². The molecule has 0 spiro atoms. The molecular formula is C17H13N7S. The third kappa shape index (κ3) is 2.14. The van der Waals surface area contributed by atoms with Gasteiger partial charge in [-0.25, -0.2) is 4.98 Å². The van der Waals surface area contributed by atoms with Crippen molar-refractivity contribution in [3.05, 3.63) is 76.1 Å². The number of rotatable bonds is 3. The highest BCUT2D eigenvalue weighted by Gasteiger charge is 2.38. The molecule has 5 rings (SSSR count). The first-order chi connectivity index (χ1) is 12.4. The van der Waals surface area contributed by atoms with Crippen molar-refractivity contribution in [2.75, 3.05) is 0 Å². The van der Waals surface area contributed by atoms with E-state index in [-0.39, 0.29) is 5.41 Å². The van der Waals surface area contributed by atoms with Gasteiger partial charge in [-0.3, -0.25) is 5.10 Å². The molecule has 0 radical (unpaired) electrons. The number of tetrazole rings is 1. The maximum absolute atomic E-state index is 4.61. The maximum Gasteiger partial charge on any atom is 0.185 e. The van der Waals surface area contributed by atoms with Crippen molar-refractivity contribution < 1.29 is 0 Å². The number of hydrogen-bond donors (Lipinski definition) is 1. The lowest BCUT2D eigenvalue weighted by Gasteiger charge is -2.32. The first-order valence-electron chi connectivity index (χ1n) is 7.81. The van der Waals surface area contributed by atoms with Crippen molar-refractivity contribution in [1.29, 1.82) is 0 Å². The number of nitrogens with one attached hydrogen (secondary N) is 1. The van der Waals surface area contributed by atoms with Gasteiger partial charge in [-0.1, -0.05) is 42.5 Å². The minimum Gasteiger partial charge on any atom is -0.280 e. The van der Waals surface area contributed by atoms with E-state index >= 15 is 0 Å². The van der Waals surface area contributed by atoms with Gasteiger partial charge in [0.15, 0.2) is 5.82 Å². The van der Waals surface area contributed by atoms with Crippen LogP contribution in [0.3, 0.4) is 0 Å². The topological polar surface area (TPSA) is 85.2 Å². The van der Waals surface area contributed by atoms with E-state index in [0.717, 1.165) is 23.4 Å². The molecule has 1 unspecified atom stereocenters. The van der Waals surface area contributed by atoms with E-state index in [0.29, 0.717) is 5.82 Å². The summed E-state index contributed by atoms with van der Waals surface area (Å²) in [6, 6.07) is 10.4. The largest absolute Gasteiger partial charge is 0.280 e. The molecule has 7 nitrogen and oxygen atoms in total. The number of aromatic amines is 1. The van der Waals surface area contributed by atoms with Gasteiger partial charge >= 0.3 is 0 Å². The van der Waals surface area contributed by atoms with Crippen LogP contribution in [0.2, 0.25) is 0 Å². The molecule has 0 saturated carbocycles. The van der Waals surface area contributed by atoms with Gasteiger partial charge in [-0.2, -0.15) is 9.78 Å². The van der Waals surface area contributed by atoms with Gasteiger partial charge in [0.2, 0.25) is 0 Å². The number of thiazole rings is 1. The lowest BCUT2D eigenvalue weighted by atomic mass is 9.71.